The van der Waals surface area contributed by atoms with Crippen LogP contribution in [0.4, 0.5) is 0 Å². The third-order valence-corrected chi connectivity index (χ3v) is 2.54. The summed E-state index contributed by atoms with van der Waals surface area (Å²) in [5.41, 5.74) is 0.314. The number of tetrazole rings is 1. The smallest absolute Gasteiger partial charge is 0.252 e. The Hall–Kier alpha value is -2.64. The molecule has 1 unspecified atom stereocenters. The van der Waals surface area contributed by atoms with Crippen molar-refractivity contribution >= 4 is 5.91 Å². The van der Waals surface area contributed by atoms with Gasteiger partial charge in [-0.15, -0.1) is 10.2 Å². The molecule has 0 aliphatic carbocycles. The minimum atomic E-state index is -0.393. The molecule has 0 aliphatic rings. The minimum Gasteiger partial charge on any atom is -0.504 e. The van der Waals surface area contributed by atoms with Gasteiger partial charge in [-0.25, -0.2) is 0 Å². The van der Waals surface area contributed by atoms with Crippen molar-refractivity contribution in [2.24, 2.45) is 0 Å². The Kier molecular flexibility index (Phi) is 3.60. The first-order valence-electron chi connectivity index (χ1n) is 5.53. The molecular weight excluding hydrogens is 250 g/mol. The molecule has 19 heavy (non-hydrogen) atoms. The van der Waals surface area contributed by atoms with Crippen molar-refractivity contribution in [1.82, 2.24) is 25.9 Å². The van der Waals surface area contributed by atoms with Crippen molar-refractivity contribution in [3.8, 4) is 11.5 Å². The lowest BCUT2D eigenvalue weighted by Gasteiger charge is -2.11. The molecule has 1 heterocycles. The number of phenols is 1. The molecule has 0 fully saturated rings. The van der Waals surface area contributed by atoms with Crippen LogP contribution in [0.25, 0.3) is 0 Å². The molecule has 0 spiro atoms. The van der Waals surface area contributed by atoms with Crippen LogP contribution in [0.3, 0.4) is 0 Å². The highest BCUT2D eigenvalue weighted by atomic mass is 16.5. The molecule has 0 saturated carbocycles. The largest absolute Gasteiger partial charge is 0.504 e. The Morgan fingerprint density at radius 3 is 2.89 bits per heavy atom. The lowest BCUT2D eigenvalue weighted by molar-refractivity contribution is 0.0938. The second kappa shape index (κ2) is 5.34. The average Bonchev–Trinajstić information content (AvgIpc) is 2.92. The Labute approximate surface area is 108 Å². The van der Waals surface area contributed by atoms with Crippen molar-refractivity contribution in [1.29, 1.82) is 0 Å². The van der Waals surface area contributed by atoms with Crippen LogP contribution in [0.1, 0.15) is 29.1 Å². The third-order valence-electron chi connectivity index (χ3n) is 2.54. The van der Waals surface area contributed by atoms with Crippen molar-refractivity contribution < 1.29 is 14.6 Å². The number of rotatable bonds is 4. The molecule has 1 amide bonds. The van der Waals surface area contributed by atoms with Gasteiger partial charge < -0.3 is 15.2 Å². The Bertz CT molecular complexity index is 570. The van der Waals surface area contributed by atoms with E-state index in [1.807, 2.05) is 0 Å². The van der Waals surface area contributed by atoms with E-state index in [0.29, 0.717) is 17.1 Å². The fourth-order valence-electron chi connectivity index (χ4n) is 1.53. The number of carbonyl (C=O) groups is 1. The van der Waals surface area contributed by atoms with E-state index in [9.17, 15) is 9.90 Å². The highest BCUT2D eigenvalue weighted by molar-refractivity contribution is 5.95. The van der Waals surface area contributed by atoms with Gasteiger partial charge in [0.05, 0.1) is 13.2 Å². The van der Waals surface area contributed by atoms with Gasteiger partial charge in [0.2, 0.25) is 0 Å². The molecule has 1 atom stereocenters. The van der Waals surface area contributed by atoms with Gasteiger partial charge in [0.15, 0.2) is 17.3 Å². The summed E-state index contributed by atoms with van der Waals surface area (Å²) < 4.78 is 4.91. The molecule has 100 valence electrons. The van der Waals surface area contributed by atoms with Crippen molar-refractivity contribution in [3.05, 3.63) is 29.6 Å². The molecule has 8 nitrogen and oxygen atoms in total. The van der Waals surface area contributed by atoms with E-state index < -0.39 is 6.04 Å². The van der Waals surface area contributed by atoms with Gasteiger partial charge in [-0.1, -0.05) is 5.21 Å². The van der Waals surface area contributed by atoms with Gasteiger partial charge in [-0.3, -0.25) is 4.79 Å². The number of hydrogen-bond donors (Lipinski definition) is 3. The number of aromatic nitrogens is 4. The molecule has 0 saturated heterocycles. The van der Waals surface area contributed by atoms with Crippen LogP contribution in [0, 0.1) is 0 Å². The van der Waals surface area contributed by atoms with Crippen LogP contribution in [0.15, 0.2) is 18.2 Å². The number of amides is 1. The van der Waals surface area contributed by atoms with Gasteiger partial charge >= 0.3 is 0 Å². The molecule has 2 rings (SSSR count). The number of phenolic OH excluding ortho intramolecular Hbond substituents is 1. The van der Waals surface area contributed by atoms with Crippen LogP contribution >= 0.6 is 0 Å². The average molecular weight is 263 g/mol. The second-order valence-corrected chi connectivity index (χ2v) is 3.85. The molecule has 8 heteroatoms. The molecule has 0 bridgehead atoms. The van der Waals surface area contributed by atoms with E-state index in [1.54, 1.807) is 13.0 Å². The third kappa shape index (κ3) is 2.79. The number of nitrogens with zero attached hydrogens (tertiary/aromatic N) is 3. The van der Waals surface area contributed by atoms with Crippen LogP contribution in [-0.4, -0.2) is 38.7 Å². The zero-order valence-corrected chi connectivity index (χ0v) is 10.4. The summed E-state index contributed by atoms with van der Waals surface area (Å²) in [5, 5.41) is 25.6. The normalized spacial score (nSPS) is 11.9. The lowest BCUT2D eigenvalue weighted by Crippen LogP contribution is -2.27. The second-order valence-electron chi connectivity index (χ2n) is 3.85. The van der Waals surface area contributed by atoms with Gasteiger partial charge in [-0.2, -0.15) is 5.21 Å². The van der Waals surface area contributed by atoms with Crippen LogP contribution in [-0.2, 0) is 0 Å². The number of methoxy groups -OCH3 is 1. The number of aromatic amines is 1. The maximum absolute atomic E-state index is 12.0. The van der Waals surface area contributed by atoms with Gasteiger partial charge in [-0.05, 0) is 25.1 Å². The molecule has 0 aliphatic heterocycles. The Morgan fingerprint density at radius 1 is 1.53 bits per heavy atom. The number of nitrogens with one attached hydrogen (secondary N) is 2. The summed E-state index contributed by atoms with van der Waals surface area (Å²) in [7, 11) is 1.44. The maximum atomic E-state index is 12.0. The van der Waals surface area contributed by atoms with E-state index in [1.165, 1.54) is 19.2 Å². The van der Waals surface area contributed by atoms with E-state index in [2.05, 4.69) is 25.9 Å². The van der Waals surface area contributed by atoms with Crippen LogP contribution < -0.4 is 10.1 Å². The van der Waals surface area contributed by atoms with Gasteiger partial charge in [0, 0.05) is 5.56 Å². The highest BCUT2D eigenvalue weighted by Gasteiger charge is 2.15. The van der Waals surface area contributed by atoms with Crippen LogP contribution in [0.2, 0.25) is 0 Å². The summed E-state index contributed by atoms with van der Waals surface area (Å²) in [5.74, 6) is 0.242. The maximum Gasteiger partial charge on any atom is 0.252 e. The standard InChI is InChI=1S/C11H13N5O3/c1-6(10-13-15-16-14-10)12-11(18)7-3-4-9(19-2)8(17)5-7/h3-6,17H,1-2H3,(H,12,18)(H,13,14,15,16). The summed E-state index contributed by atoms with van der Waals surface area (Å²) in [6.45, 7) is 1.73. The predicted octanol–water partition coefficient (Wildman–Crippen LogP) is 0.405. The number of H-pyrrole nitrogens is 1. The first kappa shape index (κ1) is 12.8. The predicted molar refractivity (Wildman–Crippen MR) is 64.7 cm³/mol. The number of benzene rings is 1. The molecule has 1 aromatic heterocycles. The Balaban J connectivity index is 2.10. The first-order valence-corrected chi connectivity index (χ1v) is 5.53. The molecule has 0 radical (unpaired) electrons. The molecule has 2 aromatic rings. The van der Waals surface area contributed by atoms with Crippen molar-refractivity contribution in [2.45, 2.75) is 13.0 Å². The fourth-order valence-corrected chi connectivity index (χ4v) is 1.53. The monoisotopic (exact) mass is 263 g/mol. The lowest BCUT2D eigenvalue weighted by atomic mass is 10.1. The zero-order chi connectivity index (χ0) is 13.8. The highest BCUT2D eigenvalue weighted by Crippen LogP contribution is 2.26. The Morgan fingerprint density at radius 2 is 2.32 bits per heavy atom. The summed E-state index contributed by atoms with van der Waals surface area (Å²) >= 11 is 0. The molecule has 1 aromatic carbocycles. The number of hydrogen-bond acceptors (Lipinski definition) is 6. The first-order chi connectivity index (χ1) is 9.11. The van der Waals surface area contributed by atoms with E-state index in [-0.39, 0.29) is 11.7 Å². The number of ether oxygens (including phenoxy) is 1. The van der Waals surface area contributed by atoms with E-state index >= 15 is 0 Å². The fraction of sp³-hybridized carbons (Fsp3) is 0.273. The minimum absolute atomic E-state index is 0.0950. The summed E-state index contributed by atoms with van der Waals surface area (Å²) in [6, 6.07) is 4.01. The summed E-state index contributed by atoms with van der Waals surface area (Å²) in [4.78, 5) is 12.0. The van der Waals surface area contributed by atoms with E-state index in [4.69, 9.17) is 4.74 Å². The van der Waals surface area contributed by atoms with Crippen molar-refractivity contribution in [3.63, 3.8) is 0 Å². The van der Waals surface area contributed by atoms with Crippen molar-refractivity contribution in [2.75, 3.05) is 7.11 Å². The topological polar surface area (TPSA) is 113 Å². The van der Waals surface area contributed by atoms with E-state index in [0.717, 1.165) is 0 Å². The van der Waals surface area contributed by atoms with Crippen LogP contribution in [0.5, 0.6) is 11.5 Å². The van der Waals surface area contributed by atoms with Gasteiger partial charge in [0.25, 0.3) is 5.91 Å². The summed E-state index contributed by atoms with van der Waals surface area (Å²) in [6.07, 6.45) is 0. The SMILES string of the molecule is COc1ccc(C(=O)NC(C)c2nn[nH]n2)cc1O. The van der Waals surface area contributed by atoms with Gasteiger partial charge in [0.1, 0.15) is 0 Å². The zero-order valence-electron chi connectivity index (χ0n) is 10.4. The molecule has 3 N–H and O–H groups in total. The number of carbonyl (C=O) groups excluding carboxylic acids is 1. The molecular formula is C11H13N5O3. The quantitative estimate of drug-likeness (QED) is 0.736. The number of aromatic hydroxyl groups is 1.